The van der Waals surface area contributed by atoms with Crippen LogP contribution in [0.4, 0.5) is 0 Å². The Balaban J connectivity index is 1.13. The molecule has 0 bridgehead atoms. The molecule has 0 saturated carbocycles. The van der Waals surface area contributed by atoms with Gasteiger partial charge in [-0.05, 0) is 145 Å². The van der Waals surface area contributed by atoms with Crippen LogP contribution in [0.3, 0.4) is 0 Å². The molecule has 0 fully saturated rings. The van der Waals surface area contributed by atoms with Crippen molar-refractivity contribution in [1.29, 1.82) is 21.0 Å². The second-order valence-electron chi connectivity index (χ2n) is 18.2. The van der Waals surface area contributed by atoms with Crippen molar-refractivity contribution in [3.8, 4) is 45.8 Å². The summed E-state index contributed by atoms with van der Waals surface area (Å²) < 4.78 is 0. The Kier molecular flexibility index (Phi) is 17.3. The van der Waals surface area contributed by atoms with Crippen molar-refractivity contribution in [2.24, 2.45) is 11.8 Å². The van der Waals surface area contributed by atoms with Crippen LogP contribution in [0, 0.1) is 57.2 Å². The molecule has 1 atom stereocenters. The van der Waals surface area contributed by atoms with Crippen LogP contribution in [0.15, 0.2) is 76.5 Å². The van der Waals surface area contributed by atoms with Gasteiger partial charge in [-0.2, -0.15) is 21.0 Å². The van der Waals surface area contributed by atoms with E-state index in [9.17, 15) is 21.0 Å². The number of benzene rings is 2. The molecule has 7 rings (SSSR count). The molecule has 0 saturated heterocycles. The topological polar surface area (TPSA) is 95.2 Å². The van der Waals surface area contributed by atoms with E-state index in [1.165, 1.54) is 143 Å². The summed E-state index contributed by atoms with van der Waals surface area (Å²) >= 11 is 3.51. The molecule has 328 valence electrons. The molecule has 3 aliphatic rings. The van der Waals surface area contributed by atoms with Gasteiger partial charge in [0.05, 0.1) is 12.1 Å². The first kappa shape index (κ1) is 46.7. The number of hydrogen-bond acceptors (Lipinski definition) is 6. The second kappa shape index (κ2) is 23.6. The standard InChI is InChI=1S/C58H64N4S2/c1-3-5-7-9-11-13-15-17-19-21-23-41-27-29-63-57(41)43-25-26-49-52-36-51-44(34-54(52)56(53(49)33-43)48(39-61)40-62)31-45-32-46(35-50(55(45)51)47(37-59)38-60)58-42(28-30-64-58)24-22-20-18-16-14-12-10-8-6-4-2/h25-36,47,50H,3-24H2,1-2H3. The summed E-state index contributed by atoms with van der Waals surface area (Å²) in [6, 6.07) is 24.5. The number of hydrogen-bond donors (Lipinski definition) is 0. The molecule has 0 amide bonds. The Labute approximate surface area is 391 Å². The third-order valence-corrected chi connectivity index (χ3v) is 15.7. The monoisotopic (exact) mass is 880 g/mol. The normalized spacial score (nSPS) is 14.4. The van der Waals surface area contributed by atoms with E-state index in [0.717, 1.165) is 74.2 Å². The fourth-order valence-electron chi connectivity index (χ4n) is 10.2. The maximum atomic E-state index is 10.3. The average molecular weight is 881 g/mol. The van der Waals surface area contributed by atoms with Gasteiger partial charge in [0.15, 0.2) is 0 Å². The minimum atomic E-state index is -0.846. The molecule has 3 aliphatic carbocycles. The highest BCUT2D eigenvalue weighted by Gasteiger charge is 2.34. The van der Waals surface area contributed by atoms with Crippen LogP contribution in [-0.2, 0) is 12.8 Å². The molecule has 4 aromatic rings. The molecule has 0 spiro atoms. The van der Waals surface area contributed by atoms with Gasteiger partial charge in [0.2, 0.25) is 0 Å². The molecule has 0 radical (unpaired) electrons. The van der Waals surface area contributed by atoms with Gasteiger partial charge in [-0.15, -0.1) is 22.7 Å². The minimum Gasteiger partial charge on any atom is -0.197 e. The van der Waals surface area contributed by atoms with Gasteiger partial charge in [0, 0.05) is 21.2 Å². The van der Waals surface area contributed by atoms with E-state index in [-0.39, 0.29) is 5.57 Å². The lowest BCUT2D eigenvalue weighted by molar-refractivity contribution is 0.556. The first-order chi connectivity index (χ1) is 31.5. The van der Waals surface area contributed by atoms with Gasteiger partial charge in [0.25, 0.3) is 0 Å². The zero-order valence-corrected chi connectivity index (χ0v) is 39.9. The van der Waals surface area contributed by atoms with Crippen LogP contribution < -0.4 is 10.4 Å². The maximum absolute atomic E-state index is 10.3. The van der Waals surface area contributed by atoms with Crippen molar-refractivity contribution in [1.82, 2.24) is 0 Å². The molecule has 2 heterocycles. The summed E-state index contributed by atoms with van der Waals surface area (Å²) in [5.74, 6) is -1.24. The fraction of sp³-hybridized carbons (Fsp3) is 0.448. The zero-order valence-electron chi connectivity index (χ0n) is 38.2. The minimum absolute atomic E-state index is 0.111. The highest BCUT2D eigenvalue weighted by molar-refractivity contribution is 7.13. The Morgan fingerprint density at radius 2 is 1.08 bits per heavy atom. The molecule has 4 nitrogen and oxygen atoms in total. The Morgan fingerprint density at radius 3 is 1.64 bits per heavy atom. The lowest BCUT2D eigenvalue weighted by Gasteiger charge is -2.23. The smallest absolute Gasteiger partial charge is 0.143 e. The van der Waals surface area contributed by atoms with E-state index in [1.54, 1.807) is 22.7 Å². The van der Waals surface area contributed by atoms with E-state index < -0.39 is 11.8 Å². The van der Waals surface area contributed by atoms with Crippen molar-refractivity contribution in [3.05, 3.63) is 114 Å². The van der Waals surface area contributed by atoms with Gasteiger partial charge in [-0.3, -0.25) is 0 Å². The zero-order chi connectivity index (χ0) is 44.7. The molecule has 0 aliphatic heterocycles. The molecular formula is C58H64N4S2. The summed E-state index contributed by atoms with van der Waals surface area (Å²) in [6.45, 7) is 4.54. The lowest BCUT2D eigenvalue weighted by atomic mass is 9.78. The highest BCUT2D eigenvalue weighted by Crippen LogP contribution is 2.48. The summed E-state index contributed by atoms with van der Waals surface area (Å²) in [5, 5.41) is 47.7. The predicted octanol–water partition coefficient (Wildman–Crippen LogP) is 15.5. The lowest BCUT2D eigenvalue weighted by Crippen LogP contribution is -2.27. The number of thiophene rings is 2. The molecule has 6 heteroatoms. The second-order valence-corrected chi connectivity index (χ2v) is 20.0. The van der Waals surface area contributed by atoms with Gasteiger partial charge in [0.1, 0.15) is 23.6 Å². The van der Waals surface area contributed by atoms with E-state index in [0.29, 0.717) is 5.57 Å². The number of nitrogens with zero attached hydrogens (tertiary/aromatic N) is 4. The first-order valence-corrected chi connectivity index (χ1v) is 26.3. The molecule has 2 aromatic heterocycles. The number of rotatable bonds is 25. The molecular weight excluding hydrogens is 817 g/mol. The van der Waals surface area contributed by atoms with Crippen LogP contribution in [-0.4, -0.2) is 0 Å². The summed E-state index contributed by atoms with van der Waals surface area (Å²) in [6.07, 6.45) is 34.9. The van der Waals surface area contributed by atoms with E-state index in [2.05, 4.69) is 110 Å². The Morgan fingerprint density at radius 1 is 0.547 bits per heavy atom. The van der Waals surface area contributed by atoms with E-state index >= 15 is 0 Å². The van der Waals surface area contributed by atoms with Crippen molar-refractivity contribution in [2.45, 2.75) is 155 Å². The number of nitriles is 4. The highest BCUT2D eigenvalue weighted by atomic mass is 32.1. The van der Waals surface area contributed by atoms with E-state index in [4.69, 9.17) is 0 Å². The number of aryl methyl sites for hydroxylation is 2. The van der Waals surface area contributed by atoms with Crippen molar-refractivity contribution < 1.29 is 0 Å². The van der Waals surface area contributed by atoms with Gasteiger partial charge >= 0.3 is 0 Å². The van der Waals surface area contributed by atoms with Crippen LogP contribution >= 0.6 is 22.7 Å². The van der Waals surface area contributed by atoms with Crippen molar-refractivity contribution >= 4 is 45.5 Å². The number of unbranched alkanes of at least 4 members (excludes halogenated alkanes) is 18. The SMILES string of the molecule is CCCCCCCCCCCCc1ccsc1C1=CC(C(C#N)C#N)C2=c3cc4c(cc3=CC2=C1)C(=C(C#N)C#N)c1cc(-c2sccc2CCCCCCCCCCCC)ccc1-4. The number of fused-ring (bicyclic) bond motifs is 5. The first-order valence-electron chi connectivity index (χ1n) is 24.5. The maximum Gasteiger partial charge on any atom is 0.143 e. The summed E-state index contributed by atoms with van der Waals surface area (Å²) in [4.78, 5) is 2.49. The third kappa shape index (κ3) is 10.8. The Hall–Kier alpha value is -5.24. The van der Waals surface area contributed by atoms with Crippen LogP contribution in [0.1, 0.15) is 169 Å². The molecule has 1 unspecified atom stereocenters. The van der Waals surface area contributed by atoms with Crippen LogP contribution in [0.2, 0.25) is 0 Å². The summed E-state index contributed by atoms with van der Waals surface area (Å²) in [5.41, 5.74) is 11.5. The van der Waals surface area contributed by atoms with Gasteiger partial charge in [-0.1, -0.05) is 148 Å². The molecule has 2 aromatic carbocycles. The fourth-order valence-corrected chi connectivity index (χ4v) is 12.1. The quantitative estimate of drug-likeness (QED) is 0.0431. The largest absolute Gasteiger partial charge is 0.197 e. The van der Waals surface area contributed by atoms with Crippen molar-refractivity contribution in [2.75, 3.05) is 0 Å². The van der Waals surface area contributed by atoms with Crippen LogP contribution in [0.5, 0.6) is 0 Å². The van der Waals surface area contributed by atoms with E-state index in [1.807, 2.05) is 0 Å². The van der Waals surface area contributed by atoms with Gasteiger partial charge in [-0.25, -0.2) is 0 Å². The molecule has 64 heavy (non-hydrogen) atoms. The average Bonchev–Trinajstić information content (AvgIpc) is 4.12. The van der Waals surface area contributed by atoms with Crippen molar-refractivity contribution in [3.63, 3.8) is 0 Å². The summed E-state index contributed by atoms with van der Waals surface area (Å²) in [7, 11) is 0. The van der Waals surface area contributed by atoms with Crippen LogP contribution in [0.25, 0.3) is 44.4 Å². The molecule has 0 N–H and O–H groups in total. The van der Waals surface area contributed by atoms with Gasteiger partial charge < -0.3 is 0 Å². The third-order valence-electron chi connectivity index (χ3n) is 13.7. The Bertz CT molecular complexity index is 2640. The predicted molar refractivity (Wildman–Crippen MR) is 269 cm³/mol. The number of allylic oxidation sites excluding steroid dienone is 5.